The summed E-state index contributed by atoms with van der Waals surface area (Å²) in [5.41, 5.74) is 6.40. The van der Waals surface area contributed by atoms with Gasteiger partial charge in [-0.2, -0.15) is 23.5 Å². The molecule has 0 spiro atoms. The largest absolute Gasteiger partial charge is 0.481 e. The van der Waals surface area contributed by atoms with E-state index in [-0.39, 0.29) is 97.0 Å². The lowest BCUT2D eigenvalue weighted by Gasteiger charge is -2.36. The summed E-state index contributed by atoms with van der Waals surface area (Å²) in [6.07, 6.45) is 3.00. The highest BCUT2D eigenvalue weighted by Crippen LogP contribution is 2.36. The number of nitrogens with zero attached hydrogens (tertiary/aromatic N) is 1. The van der Waals surface area contributed by atoms with Crippen molar-refractivity contribution in [2.75, 3.05) is 57.9 Å². The van der Waals surface area contributed by atoms with E-state index in [0.717, 1.165) is 48.3 Å². The van der Waals surface area contributed by atoms with Crippen molar-refractivity contribution in [2.45, 2.75) is 317 Å². The number of carboxylic acid groups (broad SMARTS) is 1. The molecule has 1 aromatic rings. The molecule has 22 atom stereocenters. The van der Waals surface area contributed by atoms with Crippen LogP contribution in [0.2, 0.25) is 0 Å². The number of primary amides is 1. The Hall–Kier alpha value is -8.39. The Morgan fingerprint density at radius 2 is 1.11 bits per heavy atom. The number of hydrogen-bond donors (Lipinski definition) is 23. The lowest BCUT2D eigenvalue weighted by Crippen LogP contribution is -2.63. The molecule has 128 heavy (non-hydrogen) atoms. The first-order valence-electron chi connectivity index (χ1n) is 45.9. The van der Waals surface area contributed by atoms with Gasteiger partial charge < -0.3 is 127 Å². The van der Waals surface area contributed by atoms with E-state index < -0.39 is 216 Å². The standard InChI is InChI=1S/C87H142N20O19S2/c1-10-17-59(95-48(5)110)76(116)102-66-43-128-41-51-19-14-18-50(32-51)40-127-42-65(72(88)114)101-83(123)69(47(4)109)104-84(124)70(52-20-12-11-13-21-52)105-80(120)62(35-54-38-93-74-58(54)23-16-31-91-74)97-79(119)63(36-55-39-89-44-94-55)98-77(117)60(28-29-67(112)113)96-78(118)61(34-53-37-92-73-57(53)22-15-30-90-73)99-82(122)68(46(3)108)103-75(115)45(2)107(9)86(126)64(33-49-24-26-56(111)27-25-49)100-85(125)71(87(6,7)8)106-81(66)121/h14,18-19,32,45-47,49,52-66,68-71,73-74,89-94,108-109,111H,10-13,15-17,20-31,33-44H2,1-9H3,(H2,88,114)(H,95,110)(H,96,118)(H,97,119)(H,98,117)(H,99,122)(H,100,125)(H,101,123)(H,102,116)(H,103,115)(H,104,124)(H,105,120)(H,106,121)(H,112,113)/t45-,46+,47+,49?,53?,54?,55?,56?,57?,58?,59-,60-,61-,62-,63-,64-,65-,66-,68-,69-,70-,71+,73?,74?/m0/s1. The van der Waals surface area contributed by atoms with E-state index in [1.807, 2.05) is 25.1 Å². The Morgan fingerprint density at radius 3 is 1.65 bits per heavy atom. The second-order valence-corrected chi connectivity index (χ2v) is 39.4. The van der Waals surface area contributed by atoms with Gasteiger partial charge >= 0.3 is 5.97 Å². The van der Waals surface area contributed by atoms with Gasteiger partial charge in [0.2, 0.25) is 82.7 Å². The number of aliphatic hydroxyl groups is 3. The van der Waals surface area contributed by atoms with Gasteiger partial charge in [-0.25, -0.2) is 0 Å². The van der Waals surface area contributed by atoms with Crippen LogP contribution in [-0.4, -0.2) is 287 Å². The van der Waals surface area contributed by atoms with E-state index in [1.165, 1.54) is 58.3 Å². The SMILES string of the molecule is CCC[C@H](NC(C)=O)C(=O)N[C@H]1CSCc2cccc(c2)CSC[C@@H](C(N)=O)NC(=O)[C@H]([C@@H](C)O)NC(=O)[C@H](C2CCCCC2)NC(=O)[C@H](CC2CNC3NCCCC23)NC(=O)[C@H](CC2CNCN2)NC(=O)[C@H](CCC(=O)O)NC(=O)[C@H](CC2CNC3NCCCC23)NC(=O)[C@H]([C@@H](C)O)NC(=O)[C@H](C)N(C)C(=O)[C@H](CC2CCC(O)CC2)NC(=O)[C@H](C(C)(C)C)NC1=O. The fourth-order valence-corrected chi connectivity index (χ4v) is 20.9. The van der Waals surface area contributed by atoms with E-state index in [0.29, 0.717) is 97.1 Å². The van der Waals surface area contributed by atoms with Crippen LogP contribution < -0.4 is 101 Å². The lowest BCUT2D eigenvalue weighted by molar-refractivity contribution is -0.144. The topological polar surface area (TPSA) is 583 Å². The zero-order valence-corrected chi connectivity index (χ0v) is 77.1. The Labute approximate surface area is 758 Å². The summed E-state index contributed by atoms with van der Waals surface area (Å²) in [6, 6.07) is -12.2. The zero-order chi connectivity index (χ0) is 93.2. The highest BCUT2D eigenvalue weighted by atomic mass is 32.2. The number of thioether (sulfide) groups is 2. The van der Waals surface area contributed by atoms with E-state index >= 15 is 43.2 Å². The van der Waals surface area contributed by atoms with Crippen molar-refractivity contribution in [1.82, 2.24) is 101 Å². The van der Waals surface area contributed by atoms with E-state index in [9.17, 15) is 49.2 Å². The van der Waals surface area contributed by atoms with Crippen LogP contribution in [0.5, 0.6) is 0 Å². The second-order valence-electron chi connectivity index (χ2n) is 37.4. The summed E-state index contributed by atoms with van der Waals surface area (Å²) in [5.74, 6) is -14.3. The quantitative estimate of drug-likeness (QED) is 0.0623. The molecule has 5 saturated heterocycles. The van der Waals surface area contributed by atoms with Crippen LogP contribution in [0.3, 0.4) is 0 Å². The average Bonchev–Trinajstić information content (AvgIpc) is 1.29. The second kappa shape index (κ2) is 49.7. The first-order chi connectivity index (χ1) is 60.8. The van der Waals surface area contributed by atoms with E-state index in [1.54, 1.807) is 26.8 Å². The van der Waals surface area contributed by atoms with Crippen LogP contribution in [0.4, 0.5) is 0 Å². The number of rotatable bonds is 20. The number of aliphatic carboxylic acids is 1. The average molecular weight is 1840 g/mol. The molecule has 1 aromatic carbocycles. The summed E-state index contributed by atoms with van der Waals surface area (Å²) >= 11 is 2.50. The summed E-state index contributed by atoms with van der Waals surface area (Å²) in [7, 11) is 1.31. The summed E-state index contributed by atoms with van der Waals surface area (Å²) < 4.78 is 0. The predicted molar refractivity (Wildman–Crippen MR) is 478 cm³/mol. The van der Waals surface area contributed by atoms with Gasteiger partial charge in [0.15, 0.2) is 0 Å². The predicted octanol–water partition coefficient (Wildman–Crippen LogP) is -2.89. The number of nitrogens with one attached hydrogen (secondary N) is 18. The highest BCUT2D eigenvalue weighted by Gasteiger charge is 2.47. The van der Waals surface area contributed by atoms with Crippen molar-refractivity contribution in [3.63, 3.8) is 0 Å². The number of hydrogen-bond acceptors (Lipinski definition) is 26. The summed E-state index contributed by atoms with van der Waals surface area (Å²) in [6.45, 7) is 14.8. The molecule has 7 unspecified atom stereocenters. The number of likely N-dealkylation sites (N-methyl/N-ethyl adjacent to an activating group) is 1. The van der Waals surface area contributed by atoms with Gasteiger partial charge in [0.05, 0.1) is 30.6 Å². The third-order valence-electron chi connectivity index (χ3n) is 26.3. The molecule has 6 aliphatic heterocycles. The molecule has 0 aromatic heterocycles. The molecule has 24 N–H and O–H groups in total. The molecule has 8 aliphatic rings. The fraction of sp³-hybridized carbons (Fsp3) is 0.759. The number of carbonyl (C=O) groups excluding carboxylic acids is 14. The highest BCUT2D eigenvalue weighted by molar-refractivity contribution is 7.98. The first kappa shape index (κ1) is 103. The van der Waals surface area contributed by atoms with Crippen molar-refractivity contribution >= 4 is 112 Å². The number of amides is 14. The number of benzene rings is 1. The van der Waals surface area contributed by atoms with Gasteiger partial charge in [0.25, 0.3) is 0 Å². The number of nitrogens with two attached hydrogens (primary N) is 1. The third kappa shape index (κ3) is 30.6. The van der Waals surface area contributed by atoms with Crippen LogP contribution in [0.1, 0.15) is 201 Å². The molecule has 6 heterocycles. The molecule has 2 saturated carbocycles. The molecule has 2 aliphatic carbocycles. The third-order valence-corrected chi connectivity index (χ3v) is 28.5. The molecular formula is C87H142N20O19S2. The first-order valence-corrected chi connectivity index (χ1v) is 48.2. The van der Waals surface area contributed by atoms with Gasteiger partial charge in [-0.15, -0.1) is 0 Å². The molecule has 2 bridgehead atoms. The minimum absolute atomic E-state index is 0.00647. The van der Waals surface area contributed by atoms with Gasteiger partial charge in [-0.1, -0.05) is 77.6 Å². The maximum Gasteiger partial charge on any atom is 0.303 e. The molecule has 716 valence electrons. The number of fused-ring (bicyclic) bond motifs is 4. The minimum atomic E-state index is -1.84. The lowest BCUT2D eigenvalue weighted by atomic mass is 9.82. The molecule has 7 fully saturated rings. The number of piperidine rings is 2. The van der Waals surface area contributed by atoms with Crippen LogP contribution in [0, 0.1) is 40.9 Å². The molecule has 0 radical (unpaired) electrons. The van der Waals surface area contributed by atoms with E-state index in [2.05, 4.69) is 95.7 Å². The minimum Gasteiger partial charge on any atom is -0.481 e. The number of aliphatic hydroxyl groups excluding tert-OH is 3. The monoisotopic (exact) mass is 1840 g/mol. The van der Waals surface area contributed by atoms with Gasteiger partial charge in [0, 0.05) is 62.7 Å². The number of carboxylic acids is 1. The molecule has 14 amide bonds. The van der Waals surface area contributed by atoms with Gasteiger partial charge in [0.1, 0.15) is 78.5 Å². The van der Waals surface area contributed by atoms with Crippen LogP contribution in [0.25, 0.3) is 0 Å². The number of carbonyl (C=O) groups is 15. The smallest absolute Gasteiger partial charge is 0.303 e. The zero-order valence-electron chi connectivity index (χ0n) is 75.4. The Bertz CT molecular complexity index is 3980. The van der Waals surface area contributed by atoms with Crippen molar-refractivity contribution in [1.29, 1.82) is 0 Å². The van der Waals surface area contributed by atoms with Crippen LogP contribution >= 0.6 is 23.5 Å². The molecular weight excluding hydrogens is 1690 g/mol. The Kier molecular flexibility index (Phi) is 40.2. The van der Waals surface area contributed by atoms with Crippen molar-refractivity contribution in [3.05, 3.63) is 35.4 Å². The Morgan fingerprint density at radius 1 is 0.578 bits per heavy atom. The van der Waals surface area contributed by atoms with Crippen molar-refractivity contribution in [2.24, 2.45) is 46.7 Å². The van der Waals surface area contributed by atoms with Crippen LogP contribution in [0.15, 0.2) is 24.3 Å². The van der Waals surface area contributed by atoms with Crippen molar-refractivity contribution in [3.8, 4) is 0 Å². The van der Waals surface area contributed by atoms with Crippen LogP contribution in [-0.2, 0) is 83.4 Å². The molecule has 9 rings (SSSR count). The van der Waals surface area contributed by atoms with Gasteiger partial charge in [-0.05, 0) is 202 Å². The fourth-order valence-electron chi connectivity index (χ4n) is 18.8. The molecule has 39 nitrogen and oxygen atoms in total. The maximum atomic E-state index is 15.6. The van der Waals surface area contributed by atoms with E-state index in [4.69, 9.17) is 5.73 Å². The maximum absolute atomic E-state index is 15.6. The summed E-state index contributed by atoms with van der Waals surface area (Å²) in [5, 5.41) is 97.2. The normalized spacial score (nSPS) is 32.7. The molecule has 41 heteroatoms. The Balaban J connectivity index is 1.07. The summed E-state index contributed by atoms with van der Waals surface area (Å²) in [4.78, 5) is 220. The van der Waals surface area contributed by atoms with Gasteiger partial charge in [-0.3, -0.25) is 71.9 Å². The van der Waals surface area contributed by atoms with Crippen molar-refractivity contribution < 1.29 is 92.3 Å².